The summed E-state index contributed by atoms with van der Waals surface area (Å²) in [7, 11) is 0. The molecule has 4 aliphatic rings. The number of rotatable bonds is 2. The number of carbonyl (C=O) groups excluding carboxylic acids is 2. The first-order valence-corrected chi connectivity index (χ1v) is 6.61. The van der Waals surface area contributed by atoms with E-state index in [4.69, 9.17) is 14.0 Å². The second-order valence-electron chi connectivity index (χ2n) is 5.50. The van der Waals surface area contributed by atoms with Gasteiger partial charge in [-0.05, 0) is 6.42 Å². The highest BCUT2D eigenvalue weighted by atomic mass is 16.8. The van der Waals surface area contributed by atoms with Crippen LogP contribution in [0.3, 0.4) is 0 Å². The molecule has 4 aliphatic heterocycles. The molecule has 4 saturated heterocycles. The number of esters is 2. The van der Waals surface area contributed by atoms with E-state index in [1.807, 2.05) is 11.8 Å². The van der Waals surface area contributed by atoms with E-state index in [9.17, 15) is 9.59 Å². The fraction of sp³-hybridized carbons (Fsp3) is 0.667. The largest absolute Gasteiger partial charge is 0.421 e. The summed E-state index contributed by atoms with van der Waals surface area (Å²) in [5.74, 6) is -1.74. The van der Waals surface area contributed by atoms with Crippen molar-refractivity contribution >= 4 is 11.9 Å². The first-order valence-electron chi connectivity index (χ1n) is 6.61. The van der Waals surface area contributed by atoms with E-state index in [1.54, 1.807) is 0 Å². The molecule has 1 aromatic heterocycles. The van der Waals surface area contributed by atoms with Crippen molar-refractivity contribution in [2.45, 2.75) is 37.5 Å². The number of piperidine rings is 2. The smallest absolute Gasteiger partial charge is 0.400 e. The van der Waals surface area contributed by atoms with Gasteiger partial charge in [-0.2, -0.15) is 4.98 Å². The number of aryl methyl sites for hydroxylation is 1. The maximum atomic E-state index is 11.2. The van der Waals surface area contributed by atoms with Crippen LogP contribution in [0.1, 0.15) is 31.5 Å². The van der Waals surface area contributed by atoms with Crippen molar-refractivity contribution in [3.05, 3.63) is 11.7 Å². The van der Waals surface area contributed by atoms with Crippen LogP contribution < -0.4 is 0 Å². The highest BCUT2D eigenvalue weighted by Gasteiger charge is 2.67. The molecule has 1 spiro atoms. The third kappa shape index (κ3) is 1.34. The van der Waals surface area contributed by atoms with Gasteiger partial charge in [-0.3, -0.25) is 0 Å². The number of aromatic nitrogens is 2. The standard InChI is InChI=1S/C12H13N3O5/c1-2-7-13-10(20-14-7)11-3-4-12(15(5-11)6-11)18-8(16)9(17)19-12/h2-6H2,1H3. The highest BCUT2D eigenvalue weighted by Crippen LogP contribution is 2.51. The van der Waals surface area contributed by atoms with Gasteiger partial charge in [-0.25, -0.2) is 14.5 Å². The first kappa shape index (κ1) is 11.8. The van der Waals surface area contributed by atoms with Gasteiger partial charge in [-0.1, -0.05) is 12.1 Å². The fourth-order valence-electron chi connectivity index (χ4n) is 3.12. The number of fused-ring (bicyclic) bond motifs is 1. The van der Waals surface area contributed by atoms with Crippen molar-refractivity contribution in [3.8, 4) is 0 Å². The lowest BCUT2D eigenvalue weighted by Crippen LogP contribution is -2.72. The molecule has 0 radical (unpaired) electrons. The summed E-state index contributed by atoms with van der Waals surface area (Å²) < 4.78 is 15.5. The topological polar surface area (TPSA) is 94.8 Å². The lowest BCUT2D eigenvalue weighted by Gasteiger charge is -2.57. The Morgan fingerprint density at radius 2 is 1.90 bits per heavy atom. The third-order valence-corrected chi connectivity index (χ3v) is 4.30. The number of hydrogen-bond donors (Lipinski definition) is 0. The maximum absolute atomic E-state index is 11.2. The Morgan fingerprint density at radius 1 is 1.20 bits per heavy atom. The van der Waals surface area contributed by atoms with Crippen molar-refractivity contribution in [3.63, 3.8) is 0 Å². The molecular formula is C12H13N3O5. The van der Waals surface area contributed by atoms with Crippen LogP contribution in [0.25, 0.3) is 0 Å². The Morgan fingerprint density at radius 3 is 2.40 bits per heavy atom. The molecule has 2 bridgehead atoms. The number of nitrogens with zero attached hydrogens (tertiary/aromatic N) is 3. The molecule has 0 saturated carbocycles. The normalized spacial score (nSPS) is 33.8. The van der Waals surface area contributed by atoms with E-state index < -0.39 is 17.8 Å². The highest BCUT2D eigenvalue weighted by molar-refractivity contribution is 6.31. The minimum atomic E-state index is -1.20. The molecule has 0 atom stereocenters. The van der Waals surface area contributed by atoms with E-state index in [2.05, 4.69) is 10.1 Å². The van der Waals surface area contributed by atoms with Crippen LogP contribution in [0.4, 0.5) is 0 Å². The molecule has 1 aromatic rings. The van der Waals surface area contributed by atoms with Gasteiger partial charge in [0, 0.05) is 25.9 Å². The van der Waals surface area contributed by atoms with Crippen molar-refractivity contribution in [1.29, 1.82) is 0 Å². The molecule has 0 aromatic carbocycles. The summed E-state index contributed by atoms with van der Waals surface area (Å²) in [5.41, 5.74) is -0.201. The molecule has 5 heterocycles. The van der Waals surface area contributed by atoms with Gasteiger partial charge < -0.3 is 14.0 Å². The molecule has 0 amide bonds. The van der Waals surface area contributed by atoms with E-state index in [1.165, 1.54) is 0 Å². The average molecular weight is 279 g/mol. The second kappa shape index (κ2) is 3.57. The number of ether oxygens (including phenoxy) is 2. The average Bonchev–Trinajstić information content (AvgIpc) is 2.96. The summed E-state index contributed by atoms with van der Waals surface area (Å²) in [4.78, 5) is 28.7. The molecule has 0 unspecified atom stereocenters. The zero-order valence-electron chi connectivity index (χ0n) is 10.9. The summed E-state index contributed by atoms with van der Waals surface area (Å²) >= 11 is 0. The molecule has 0 aliphatic carbocycles. The Balaban J connectivity index is 1.56. The van der Waals surface area contributed by atoms with E-state index >= 15 is 0 Å². The lowest BCUT2D eigenvalue weighted by molar-refractivity contribution is -0.310. The van der Waals surface area contributed by atoms with Crippen molar-refractivity contribution < 1.29 is 23.6 Å². The van der Waals surface area contributed by atoms with Crippen LogP contribution in [0.5, 0.6) is 0 Å². The van der Waals surface area contributed by atoms with Crippen LogP contribution >= 0.6 is 0 Å². The Labute approximate surface area is 114 Å². The molecular weight excluding hydrogens is 266 g/mol. The molecule has 0 N–H and O–H groups in total. The number of carbonyl (C=O) groups is 2. The summed E-state index contributed by atoms with van der Waals surface area (Å²) in [6.07, 6.45) is 1.83. The predicted octanol–water partition coefficient (Wildman–Crippen LogP) is -0.267. The minimum absolute atomic E-state index is 0.201. The van der Waals surface area contributed by atoms with Gasteiger partial charge in [0.2, 0.25) is 5.89 Å². The van der Waals surface area contributed by atoms with Crippen LogP contribution in [0.2, 0.25) is 0 Å². The number of hydrogen-bond acceptors (Lipinski definition) is 8. The van der Waals surface area contributed by atoms with Crippen LogP contribution in [-0.2, 0) is 30.9 Å². The third-order valence-electron chi connectivity index (χ3n) is 4.30. The minimum Gasteiger partial charge on any atom is -0.400 e. The summed E-state index contributed by atoms with van der Waals surface area (Å²) in [5, 5.41) is 3.92. The van der Waals surface area contributed by atoms with Crippen LogP contribution in [0.15, 0.2) is 4.52 Å². The van der Waals surface area contributed by atoms with Gasteiger partial charge in [0.05, 0.1) is 5.41 Å². The zero-order valence-corrected chi connectivity index (χ0v) is 10.9. The first-order chi connectivity index (χ1) is 9.57. The van der Waals surface area contributed by atoms with Crippen LogP contribution in [-0.4, -0.2) is 46.0 Å². The van der Waals surface area contributed by atoms with Gasteiger partial charge in [0.25, 0.3) is 0 Å². The molecule has 5 rings (SSSR count). The van der Waals surface area contributed by atoms with E-state index in [-0.39, 0.29) is 5.41 Å². The van der Waals surface area contributed by atoms with Gasteiger partial charge >= 0.3 is 17.8 Å². The fourth-order valence-corrected chi connectivity index (χ4v) is 3.12. The maximum Gasteiger partial charge on any atom is 0.421 e. The predicted molar refractivity (Wildman–Crippen MR) is 61.1 cm³/mol. The molecule has 8 nitrogen and oxygen atoms in total. The SMILES string of the molecule is CCc1noc(C23CCC4(OC(=O)C(=O)O4)N(C2)C3)n1. The van der Waals surface area contributed by atoms with Gasteiger partial charge in [0.15, 0.2) is 5.82 Å². The van der Waals surface area contributed by atoms with E-state index in [0.29, 0.717) is 37.6 Å². The summed E-state index contributed by atoms with van der Waals surface area (Å²) in [6.45, 7) is 3.13. The van der Waals surface area contributed by atoms with Gasteiger partial charge in [-0.15, -0.1) is 0 Å². The molecule has 20 heavy (non-hydrogen) atoms. The van der Waals surface area contributed by atoms with E-state index in [0.717, 1.165) is 6.42 Å². The molecule has 106 valence electrons. The molecule has 4 fully saturated rings. The summed E-state index contributed by atoms with van der Waals surface area (Å²) in [6, 6.07) is 0. The quantitative estimate of drug-likeness (QED) is 0.539. The van der Waals surface area contributed by atoms with Crippen molar-refractivity contribution in [2.24, 2.45) is 0 Å². The Bertz CT molecular complexity index is 582. The van der Waals surface area contributed by atoms with Crippen molar-refractivity contribution in [2.75, 3.05) is 13.1 Å². The second-order valence-corrected chi connectivity index (χ2v) is 5.50. The molecule has 8 heteroatoms. The Kier molecular flexibility index (Phi) is 2.11. The zero-order chi connectivity index (χ0) is 14.0. The van der Waals surface area contributed by atoms with Crippen LogP contribution in [0, 0.1) is 0 Å². The monoisotopic (exact) mass is 279 g/mol. The lowest BCUT2D eigenvalue weighted by atomic mass is 9.70. The van der Waals surface area contributed by atoms with Gasteiger partial charge in [0.1, 0.15) is 0 Å². The van der Waals surface area contributed by atoms with Crippen molar-refractivity contribution in [1.82, 2.24) is 15.0 Å². The Hall–Kier alpha value is -1.96.